The average molecular weight is 256 g/mol. The molecule has 5 heteroatoms. The van der Waals surface area contributed by atoms with Crippen molar-refractivity contribution in [3.63, 3.8) is 0 Å². The van der Waals surface area contributed by atoms with Gasteiger partial charge < -0.3 is 16.2 Å². The minimum absolute atomic E-state index is 0.0764. The molecule has 0 aromatic heterocycles. The fourth-order valence-corrected chi connectivity index (χ4v) is 2.58. The topological polar surface area (TPSA) is 92.4 Å². The molecule has 0 aliphatic heterocycles. The summed E-state index contributed by atoms with van der Waals surface area (Å²) in [5, 5.41) is 12.1. The molecule has 0 bridgehead atoms. The predicted octanol–water partition coefficient (Wildman–Crippen LogP) is 1.12. The second-order valence-corrected chi connectivity index (χ2v) is 5.21. The largest absolute Gasteiger partial charge is 0.481 e. The van der Waals surface area contributed by atoms with E-state index in [1.54, 1.807) is 0 Å². The van der Waals surface area contributed by atoms with E-state index in [-0.39, 0.29) is 24.4 Å². The van der Waals surface area contributed by atoms with E-state index in [0.717, 1.165) is 19.3 Å². The van der Waals surface area contributed by atoms with Gasteiger partial charge in [0.05, 0.1) is 11.3 Å². The molecule has 18 heavy (non-hydrogen) atoms. The third kappa shape index (κ3) is 3.02. The number of carboxylic acids is 1. The lowest BCUT2D eigenvalue weighted by atomic mass is 9.82. The summed E-state index contributed by atoms with van der Waals surface area (Å²) in [6.45, 7) is 3.87. The van der Waals surface area contributed by atoms with E-state index >= 15 is 0 Å². The summed E-state index contributed by atoms with van der Waals surface area (Å²) < 4.78 is 0. The molecule has 1 fully saturated rings. The summed E-state index contributed by atoms with van der Waals surface area (Å²) in [7, 11) is 0. The summed E-state index contributed by atoms with van der Waals surface area (Å²) in [6.07, 6.45) is 3.69. The van der Waals surface area contributed by atoms with Crippen LogP contribution in [0.5, 0.6) is 0 Å². The highest BCUT2D eigenvalue weighted by Crippen LogP contribution is 2.27. The number of carbonyl (C=O) groups excluding carboxylic acids is 1. The number of rotatable bonds is 6. The molecule has 1 rings (SSSR count). The van der Waals surface area contributed by atoms with Gasteiger partial charge in [-0.05, 0) is 25.7 Å². The van der Waals surface area contributed by atoms with Gasteiger partial charge in [0, 0.05) is 12.6 Å². The Morgan fingerprint density at radius 3 is 2.33 bits per heavy atom. The molecule has 0 aromatic rings. The molecular weight excluding hydrogens is 232 g/mol. The Balaban J connectivity index is 2.57. The molecule has 1 aliphatic carbocycles. The van der Waals surface area contributed by atoms with Crippen LogP contribution in [0.1, 0.15) is 46.0 Å². The fourth-order valence-electron chi connectivity index (χ4n) is 2.58. The van der Waals surface area contributed by atoms with E-state index in [2.05, 4.69) is 5.32 Å². The number of hydrogen-bond donors (Lipinski definition) is 3. The van der Waals surface area contributed by atoms with Crippen molar-refractivity contribution in [3.05, 3.63) is 0 Å². The first-order valence-corrected chi connectivity index (χ1v) is 6.73. The molecule has 1 aliphatic rings. The first-order valence-electron chi connectivity index (χ1n) is 6.73. The van der Waals surface area contributed by atoms with Crippen molar-refractivity contribution in [2.45, 2.75) is 52.0 Å². The number of nitrogens with two attached hydrogens (primary N) is 1. The third-order valence-corrected chi connectivity index (χ3v) is 4.31. The second kappa shape index (κ2) is 6.18. The van der Waals surface area contributed by atoms with E-state index < -0.39 is 11.4 Å². The normalized spacial score (nSPS) is 23.9. The lowest BCUT2D eigenvalue weighted by molar-refractivity contribution is -0.149. The first-order chi connectivity index (χ1) is 8.46. The Labute approximate surface area is 108 Å². The molecule has 2 unspecified atom stereocenters. The van der Waals surface area contributed by atoms with Crippen LogP contribution in [0.4, 0.5) is 0 Å². The molecule has 0 radical (unpaired) electrons. The van der Waals surface area contributed by atoms with Crippen LogP contribution in [-0.2, 0) is 9.59 Å². The zero-order valence-electron chi connectivity index (χ0n) is 11.2. The van der Waals surface area contributed by atoms with Crippen LogP contribution in [-0.4, -0.2) is 29.6 Å². The van der Waals surface area contributed by atoms with Crippen molar-refractivity contribution in [3.8, 4) is 0 Å². The highest BCUT2D eigenvalue weighted by molar-refractivity contribution is 5.81. The van der Waals surface area contributed by atoms with Gasteiger partial charge in [-0.25, -0.2) is 0 Å². The van der Waals surface area contributed by atoms with Crippen LogP contribution >= 0.6 is 0 Å². The minimum Gasteiger partial charge on any atom is -0.481 e. The molecular formula is C13H24N2O3. The summed E-state index contributed by atoms with van der Waals surface area (Å²) in [6, 6.07) is -0.0764. The number of nitrogens with one attached hydrogen (secondary N) is 1. The zero-order valence-corrected chi connectivity index (χ0v) is 11.2. The van der Waals surface area contributed by atoms with Gasteiger partial charge in [0.25, 0.3) is 0 Å². The highest BCUT2D eigenvalue weighted by Gasteiger charge is 2.37. The molecule has 2 atom stereocenters. The maximum absolute atomic E-state index is 12.0. The van der Waals surface area contributed by atoms with Gasteiger partial charge in [-0.3, -0.25) is 9.59 Å². The van der Waals surface area contributed by atoms with Crippen LogP contribution in [0.25, 0.3) is 0 Å². The van der Waals surface area contributed by atoms with Crippen molar-refractivity contribution in [2.24, 2.45) is 17.1 Å². The van der Waals surface area contributed by atoms with Crippen molar-refractivity contribution in [1.82, 2.24) is 5.32 Å². The Morgan fingerprint density at radius 1 is 1.33 bits per heavy atom. The average Bonchev–Trinajstić information content (AvgIpc) is 2.77. The number of carboxylic acid groups (broad SMARTS) is 1. The molecule has 4 N–H and O–H groups in total. The Morgan fingerprint density at radius 2 is 1.94 bits per heavy atom. The summed E-state index contributed by atoms with van der Waals surface area (Å²) >= 11 is 0. The van der Waals surface area contributed by atoms with Crippen LogP contribution in [0.2, 0.25) is 0 Å². The maximum atomic E-state index is 12.0. The minimum atomic E-state index is -0.849. The Hall–Kier alpha value is -1.10. The molecule has 0 saturated heterocycles. The summed E-state index contributed by atoms with van der Waals surface area (Å²) in [5.74, 6) is -1.08. The van der Waals surface area contributed by atoms with E-state index in [1.807, 2.05) is 13.8 Å². The van der Waals surface area contributed by atoms with E-state index in [9.17, 15) is 14.7 Å². The quantitative estimate of drug-likeness (QED) is 0.664. The molecule has 104 valence electrons. The van der Waals surface area contributed by atoms with Crippen molar-refractivity contribution >= 4 is 11.9 Å². The Bertz CT molecular complexity index is 313. The molecule has 1 saturated carbocycles. The van der Waals surface area contributed by atoms with Gasteiger partial charge in [-0.15, -0.1) is 0 Å². The van der Waals surface area contributed by atoms with Crippen LogP contribution in [0, 0.1) is 11.3 Å². The van der Waals surface area contributed by atoms with Gasteiger partial charge in [0.2, 0.25) is 5.91 Å². The molecule has 0 aromatic carbocycles. The second-order valence-electron chi connectivity index (χ2n) is 5.21. The van der Waals surface area contributed by atoms with Crippen molar-refractivity contribution in [1.29, 1.82) is 0 Å². The predicted molar refractivity (Wildman–Crippen MR) is 69.0 cm³/mol. The molecule has 5 nitrogen and oxygen atoms in total. The summed E-state index contributed by atoms with van der Waals surface area (Å²) in [5.41, 5.74) is 5.02. The molecule has 0 spiro atoms. The first kappa shape index (κ1) is 15.0. The standard InChI is InChI=1S/C13H24N2O3/c1-3-13(4-2,12(17)18)8-15-11(16)9-6-5-7-10(9)14/h9-10H,3-8,14H2,1-2H3,(H,15,16)(H,17,18). The number of carbonyl (C=O) groups is 2. The van der Waals surface area contributed by atoms with Gasteiger partial charge in [0.15, 0.2) is 0 Å². The highest BCUT2D eigenvalue weighted by atomic mass is 16.4. The van der Waals surface area contributed by atoms with Crippen LogP contribution in [0.15, 0.2) is 0 Å². The smallest absolute Gasteiger partial charge is 0.311 e. The number of aliphatic carboxylic acids is 1. The maximum Gasteiger partial charge on any atom is 0.311 e. The van der Waals surface area contributed by atoms with Gasteiger partial charge >= 0.3 is 5.97 Å². The third-order valence-electron chi connectivity index (χ3n) is 4.31. The van der Waals surface area contributed by atoms with Gasteiger partial charge in [-0.2, -0.15) is 0 Å². The van der Waals surface area contributed by atoms with Gasteiger partial charge in [0.1, 0.15) is 0 Å². The number of amides is 1. The SMILES string of the molecule is CCC(CC)(CNC(=O)C1CCCC1N)C(=O)O. The van der Waals surface area contributed by atoms with E-state index in [0.29, 0.717) is 12.8 Å². The molecule has 0 heterocycles. The van der Waals surface area contributed by atoms with E-state index in [4.69, 9.17) is 5.73 Å². The fraction of sp³-hybridized carbons (Fsp3) is 0.846. The lowest BCUT2D eigenvalue weighted by Gasteiger charge is -2.28. The van der Waals surface area contributed by atoms with Crippen LogP contribution in [0.3, 0.4) is 0 Å². The van der Waals surface area contributed by atoms with Gasteiger partial charge in [-0.1, -0.05) is 20.3 Å². The Kier molecular flexibility index (Phi) is 5.14. The number of hydrogen-bond acceptors (Lipinski definition) is 3. The molecule has 1 amide bonds. The van der Waals surface area contributed by atoms with Crippen LogP contribution < -0.4 is 11.1 Å². The monoisotopic (exact) mass is 256 g/mol. The van der Waals surface area contributed by atoms with E-state index in [1.165, 1.54) is 0 Å². The zero-order chi connectivity index (χ0) is 13.8. The summed E-state index contributed by atoms with van der Waals surface area (Å²) in [4.78, 5) is 23.3. The van der Waals surface area contributed by atoms with Crippen molar-refractivity contribution < 1.29 is 14.7 Å². The van der Waals surface area contributed by atoms with Crippen molar-refractivity contribution in [2.75, 3.05) is 6.54 Å². The lowest BCUT2D eigenvalue weighted by Crippen LogP contribution is -2.46.